The van der Waals surface area contributed by atoms with Crippen molar-refractivity contribution in [3.8, 4) is 0 Å². The SMILES string of the molecule is CCc1ccc(C(=O)NS(C)(=O)=O)cc1. The van der Waals surface area contributed by atoms with Gasteiger partial charge in [0, 0.05) is 5.56 Å². The van der Waals surface area contributed by atoms with Crippen LogP contribution in [0.1, 0.15) is 22.8 Å². The van der Waals surface area contributed by atoms with E-state index in [1.165, 1.54) is 0 Å². The average Bonchev–Trinajstić information content (AvgIpc) is 2.15. The highest BCUT2D eigenvalue weighted by Crippen LogP contribution is 2.05. The molecule has 5 heteroatoms. The second-order valence-corrected chi connectivity index (χ2v) is 5.00. The van der Waals surface area contributed by atoms with E-state index < -0.39 is 15.9 Å². The zero-order valence-corrected chi connectivity index (χ0v) is 9.47. The predicted molar refractivity (Wildman–Crippen MR) is 58.1 cm³/mol. The number of hydrogen-bond acceptors (Lipinski definition) is 3. The highest BCUT2D eigenvalue weighted by atomic mass is 32.2. The second-order valence-electron chi connectivity index (χ2n) is 3.25. The lowest BCUT2D eigenvalue weighted by atomic mass is 10.1. The lowest BCUT2D eigenvalue weighted by Crippen LogP contribution is -2.29. The Morgan fingerprint density at radius 2 is 1.80 bits per heavy atom. The summed E-state index contributed by atoms with van der Waals surface area (Å²) in [6, 6.07) is 6.83. The van der Waals surface area contributed by atoms with Gasteiger partial charge in [0.25, 0.3) is 5.91 Å². The summed E-state index contributed by atoms with van der Waals surface area (Å²) >= 11 is 0. The maximum Gasteiger partial charge on any atom is 0.264 e. The second kappa shape index (κ2) is 4.44. The van der Waals surface area contributed by atoms with Crippen molar-refractivity contribution in [1.29, 1.82) is 0 Å². The van der Waals surface area contributed by atoms with Crippen LogP contribution < -0.4 is 4.72 Å². The summed E-state index contributed by atoms with van der Waals surface area (Å²) in [4.78, 5) is 11.4. The first-order valence-corrected chi connectivity index (χ1v) is 6.42. The number of aryl methyl sites for hydroxylation is 1. The number of nitrogens with one attached hydrogen (secondary N) is 1. The normalized spacial score (nSPS) is 11.1. The molecule has 1 N–H and O–H groups in total. The molecule has 1 amide bonds. The molecule has 0 fully saturated rings. The molecule has 0 spiro atoms. The van der Waals surface area contributed by atoms with Gasteiger partial charge < -0.3 is 0 Å². The average molecular weight is 227 g/mol. The van der Waals surface area contributed by atoms with Gasteiger partial charge in [0.15, 0.2) is 0 Å². The number of rotatable bonds is 3. The molecule has 0 saturated heterocycles. The Morgan fingerprint density at radius 1 is 1.27 bits per heavy atom. The maximum absolute atomic E-state index is 11.4. The van der Waals surface area contributed by atoms with Crippen molar-refractivity contribution in [2.75, 3.05) is 6.26 Å². The van der Waals surface area contributed by atoms with E-state index in [2.05, 4.69) is 0 Å². The Kier molecular flexibility index (Phi) is 3.47. The molecule has 82 valence electrons. The van der Waals surface area contributed by atoms with Gasteiger partial charge in [-0.05, 0) is 24.1 Å². The molecule has 0 bridgehead atoms. The van der Waals surface area contributed by atoms with E-state index in [0.29, 0.717) is 5.56 Å². The largest absolute Gasteiger partial charge is 0.268 e. The number of carbonyl (C=O) groups is 1. The van der Waals surface area contributed by atoms with Crippen molar-refractivity contribution in [3.63, 3.8) is 0 Å². The van der Waals surface area contributed by atoms with E-state index in [0.717, 1.165) is 18.2 Å². The van der Waals surface area contributed by atoms with Crippen molar-refractivity contribution in [2.24, 2.45) is 0 Å². The molecule has 0 radical (unpaired) electrons. The summed E-state index contributed by atoms with van der Waals surface area (Å²) in [5, 5.41) is 0. The Hall–Kier alpha value is -1.36. The third kappa shape index (κ3) is 3.71. The van der Waals surface area contributed by atoms with Gasteiger partial charge in [-0.15, -0.1) is 0 Å². The minimum atomic E-state index is -3.49. The summed E-state index contributed by atoms with van der Waals surface area (Å²) in [7, 11) is -3.49. The molecule has 0 atom stereocenters. The fourth-order valence-electron chi connectivity index (χ4n) is 1.12. The van der Waals surface area contributed by atoms with Crippen molar-refractivity contribution in [1.82, 2.24) is 4.72 Å². The van der Waals surface area contributed by atoms with Crippen LogP contribution in [0.3, 0.4) is 0 Å². The molecule has 1 rings (SSSR count). The number of benzene rings is 1. The molecule has 0 aliphatic heterocycles. The molecule has 0 saturated carbocycles. The zero-order chi connectivity index (χ0) is 11.5. The molecule has 1 aromatic rings. The number of amides is 1. The van der Waals surface area contributed by atoms with Gasteiger partial charge in [-0.2, -0.15) is 0 Å². The van der Waals surface area contributed by atoms with Crippen LogP contribution in [0.25, 0.3) is 0 Å². The molecular formula is C10H13NO3S. The first-order valence-electron chi connectivity index (χ1n) is 4.53. The van der Waals surface area contributed by atoms with Crippen LogP contribution in [0.15, 0.2) is 24.3 Å². The summed E-state index contributed by atoms with van der Waals surface area (Å²) < 4.78 is 23.5. The zero-order valence-electron chi connectivity index (χ0n) is 8.65. The lowest BCUT2D eigenvalue weighted by Gasteiger charge is -2.03. The molecule has 0 unspecified atom stereocenters. The van der Waals surface area contributed by atoms with E-state index in [9.17, 15) is 13.2 Å². The van der Waals surface area contributed by atoms with Crippen LogP contribution in [-0.2, 0) is 16.4 Å². The smallest absolute Gasteiger partial charge is 0.264 e. The summed E-state index contributed by atoms with van der Waals surface area (Å²) in [5.41, 5.74) is 1.45. The van der Waals surface area contributed by atoms with Gasteiger partial charge in [-0.25, -0.2) is 13.1 Å². The summed E-state index contributed by atoms with van der Waals surface area (Å²) in [5.74, 6) is -0.597. The highest BCUT2D eigenvalue weighted by molar-refractivity contribution is 7.89. The number of hydrogen-bond donors (Lipinski definition) is 1. The lowest BCUT2D eigenvalue weighted by molar-refractivity contribution is 0.0981. The van der Waals surface area contributed by atoms with E-state index >= 15 is 0 Å². The quantitative estimate of drug-likeness (QED) is 0.835. The molecule has 1 aromatic carbocycles. The molecular weight excluding hydrogens is 214 g/mol. The summed E-state index contributed by atoms with van der Waals surface area (Å²) in [6.07, 6.45) is 1.83. The Bertz CT molecular complexity index is 448. The van der Waals surface area contributed by atoms with Gasteiger partial charge in [-0.3, -0.25) is 4.79 Å². The van der Waals surface area contributed by atoms with Crippen LogP contribution >= 0.6 is 0 Å². The van der Waals surface area contributed by atoms with Gasteiger partial charge in [0.1, 0.15) is 0 Å². The van der Waals surface area contributed by atoms with E-state index in [-0.39, 0.29) is 0 Å². The third-order valence-electron chi connectivity index (χ3n) is 1.90. The fraction of sp³-hybridized carbons (Fsp3) is 0.300. The molecule has 15 heavy (non-hydrogen) atoms. The molecule has 0 heterocycles. The van der Waals surface area contributed by atoms with Gasteiger partial charge in [0.2, 0.25) is 10.0 Å². The molecule has 0 aromatic heterocycles. The first-order chi connectivity index (χ1) is 6.92. The number of sulfonamides is 1. The van der Waals surface area contributed by atoms with Gasteiger partial charge >= 0.3 is 0 Å². The van der Waals surface area contributed by atoms with Crippen LogP contribution in [0, 0.1) is 0 Å². The van der Waals surface area contributed by atoms with E-state index in [1.54, 1.807) is 24.3 Å². The van der Waals surface area contributed by atoms with Gasteiger partial charge in [0.05, 0.1) is 6.26 Å². The van der Waals surface area contributed by atoms with E-state index in [1.807, 2.05) is 11.6 Å². The summed E-state index contributed by atoms with van der Waals surface area (Å²) in [6.45, 7) is 2.01. The predicted octanol–water partition coefficient (Wildman–Crippen LogP) is 0.938. The monoisotopic (exact) mass is 227 g/mol. The molecule has 0 aliphatic rings. The third-order valence-corrected chi connectivity index (χ3v) is 2.46. The fourth-order valence-corrected chi connectivity index (χ4v) is 1.57. The van der Waals surface area contributed by atoms with Crippen molar-refractivity contribution in [3.05, 3.63) is 35.4 Å². The maximum atomic E-state index is 11.4. The standard InChI is InChI=1S/C10H13NO3S/c1-3-8-4-6-9(7-5-8)10(12)11-15(2,13)14/h4-7H,3H2,1-2H3,(H,11,12). The van der Waals surface area contributed by atoms with Crippen molar-refractivity contribution >= 4 is 15.9 Å². The van der Waals surface area contributed by atoms with Gasteiger partial charge in [-0.1, -0.05) is 19.1 Å². The van der Waals surface area contributed by atoms with Crippen LogP contribution in [0.4, 0.5) is 0 Å². The van der Waals surface area contributed by atoms with E-state index in [4.69, 9.17) is 0 Å². The van der Waals surface area contributed by atoms with Crippen LogP contribution in [0.2, 0.25) is 0 Å². The number of carbonyl (C=O) groups excluding carboxylic acids is 1. The molecule has 4 nitrogen and oxygen atoms in total. The minimum absolute atomic E-state index is 0.345. The Morgan fingerprint density at radius 3 is 2.20 bits per heavy atom. The topological polar surface area (TPSA) is 63.2 Å². The minimum Gasteiger partial charge on any atom is -0.268 e. The van der Waals surface area contributed by atoms with Crippen molar-refractivity contribution < 1.29 is 13.2 Å². The Balaban J connectivity index is 2.84. The van der Waals surface area contributed by atoms with Crippen LogP contribution in [0.5, 0.6) is 0 Å². The molecule has 0 aliphatic carbocycles. The first kappa shape index (κ1) is 11.7. The highest BCUT2D eigenvalue weighted by Gasteiger charge is 2.10. The van der Waals surface area contributed by atoms with Crippen LogP contribution in [-0.4, -0.2) is 20.6 Å². The Labute approximate surface area is 89.4 Å². The van der Waals surface area contributed by atoms with Crippen molar-refractivity contribution in [2.45, 2.75) is 13.3 Å².